The van der Waals surface area contributed by atoms with Gasteiger partial charge in [-0.25, -0.2) is 0 Å². The van der Waals surface area contributed by atoms with Crippen molar-refractivity contribution in [3.63, 3.8) is 0 Å². The van der Waals surface area contributed by atoms with Crippen LogP contribution in [0, 0.1) is 11.3 Å². The largest absolute Gasteiger partial charge is 0.468 e. The van der Waals surface area contributed by atoms with Crippen molar-refractivity contribution in [3.8, 4) is 22.9 Å². The first-order valence-corrected chi connectivity index (χ1v) is 5.56. The van der Waals surface area contributed by atoms with Crippen molar-refractivity contribution >= 4 is 0 Å². The molecule has 0 saturated heterocycles. The molecule has 0 aliphatic heterocycles. The Hall–Kier alpha value is -2.31. The van der Waals surface area contributed by atoms with Crippen LogP contribution >= 0.6 is 0 Å². The first-order valence-electron chi connectivity index (χ1n) is 5.56. The van der Waals surface area contributed by atoms with Crippen LogP contribution in [0.5, 0.6) is 5.75 Å². The standard InChI is InChI=1S/C15H13NO2/c1-17-11-18-15-8-6-14(7-9-15)13-4-2-12(10-16)3-5-13/h2-9H,11H2,1H3. The highest BCUT2D eigenvalue weighted by Gasteiger charge is 1.99. The molecule has 90 valence electrons. The molecule has 0 saturated carbocycles. The molecule has 2 rings (SSSR count). The predicted octanol–water partition coefficient (Wildman–Crippen LogP) is 3.21. The molecule has 0 aliphatic carbocycles. The summed E-state index contributed by atoms with van der Waals surface area (Å²) in [6.45, 7) is 0.246. The lowest BCUT2D eigenvalue weighted by molar-refractivity contribution is 0.0511. The van der Waals surface area contributed by atoms with Gasteiger partial charge in [-0.15, -0.1) is 0 Å². The van der Waals surface area contributed by atoms with E-state index < -0.39 is 0 Å². The number of ether oxygens (including phenoxy) is 2. The van der Waals surface area contributed by atoms with Gasteiger partial charge < -0.3 is 9.47 Å². The summed E-state index contributed by atoms with van der Waals surface area (Å²) in [5.74, 6) is 0.772. The molecule has 3 heteroatoms. The molecule has 2 aromatic rings. The van der Waals surface area contributed by atoms with Gasteiger partial charge >= 0.3 is 0 Å². The van der Waals surface area contributed by atoms with Crippen LogP contribution in [-0.4, -0.2) is 13.9 Å². The molecule has 0 spiro atoms. The van der Waals surface area contributed by atoms with Gasteiger partial charge in [0.15, 0.2) is 6.79 Å². The summed E-state index contributed by atoms with van der Waals surface area (Å²) in [6.07, 6.45) is 0. The maximum Gasteiger partial charge on any atom is 0.188 e. The molecule has 0 unspecified atom stereocenters. The van der Waals surface area contributed by atoms with E-state index in [9.17, 15) is 0 Å². The Labute approximate surface area is 106 Å². The first-order chi connectivity index (χ1) is 8.83. The van der Waals surface area contributed by atoms with Crippen molar-refractivity contribution in [1.82, 2.24) is 0 Å². The average Bonchev–Trinajstić information content (AvgIpc) is 2.46. The Morgan fingerprint density at radius 1 is 0.944 bits per heavy atom. The molecule has 18 heavy (non-hydrogen) atoms. The zero-order valence-corrected chi connectivity index (χ0v) is 10.1. The van der Waals surface area contributed by atoms with Crippen molar-refractivity contribution in [3.05, 3.63) is 54.1 Å². The van der Waals surface area contributed by atoms with Gasteiger partial charge in [0.2, 0.25) is 0 Å². The summed E-state index contributed by atoms with van der Waals surface area (Å²) < 4.78 is 10.2. The van der Waals surface area contributed by atoms with Crippen LogP contribution in [0.15, 0.2) is 48.5 Å². The topological polar surface area (TPSA) is 42.2 Å². The fraction of sp³-hybridized carbons (Fsp3) is 0.133. The van der Waals surface area contributed by atoms with Crippen LogP contribution < -0.4 is 4.74 Å². The third-order valence-electron chi connectivity index (χ3n) is 2.55. The van der Waals surface area contributed by atoms with E-state index in [-0.39, 0.29) is 6.79 Å². The van der Waals surface area contributed by atoms with Gasteiger partial charge in [0.05, 0.1) is 11.6 Å². The van der Waals surface area contributed by atoms with Gasteiger partial charge in [-0.3, -0.25) is 0 Å². The minimum Gasteiger partial charge on any atom is -0.468 e. The van der Waals surface area contributed by atoms with Crippen molar-refractivity contribution in [2.45, 2.75) is 0 Å². The van der Waals surface area contributed by atoms with E-state index in [1.807, 2.05) is 48.5 Å². The van der Waals surface area contributed by atoms with Crippen LogP contribution in [0.2, 0.25) is 0 Å². The van der Waals surface area contributed by atoms with Crippen LogP contribution in [0.1, 0.15) is 5.56 Å². The SMILES string of the molecule is COCOc1ccc(-c2ccc(C#N)cc2)cc1. The van der Waals surface area contributed by atoms with Gasteiger partial charge in [0.25, 0.3) is 0 Å². The number of rotatable bonds is 4. The Kier molecular flexibility index (Phi) is 3.95. The fourth-order valence-corrected chi connectivity index (χ4v) is 1.61. The summed E-state index contributed by atoms with van der Waals surface area (Å²) in [4.78, 5) is 0. The fourth-order valence-electron chi connectivity index (χ4n) is 1.61. The van der Waals surface area contributed by atoms with Crippen LogP contribution in [0.25, 0.3) is 11.1 Å². The lowest BCUT2D eigenvalue weighted by Gasteiger charge is -2.06. The molecule has 0 radical (unpaired) electrons. The molecule has 0 bridgehead atoms. The summed E-state index contributed by atoms with van der Waals surface area (Å²) in [7, 11) is 1.59. The molecule has 0 fully saturated rings. The Balaban J connectivity index is 2.15. The van der Waals surface area contributed by atoms with E-state index in [1.54, 1.807) is 7.11 Å². The van der Waals surface area contributed by atoms with Gasteiger partial charge in [-0.1, -0.05) is 24.3 Å². The molecule has 0 N–H and O–H groups in total. The van der Waals surface area contributed by atoms with E-state index >= 15 is 0 Å². The van der Waals surface area contributed by atoms with E-state index in [4.69, 9.17) is 14.7 Å². The van der Waals surface area contributed by atoms with Gasteiger partial charge in [0, 0.05) is 7.11 Å². The monoisotopic (exact) mass is 239 g/mol. The Morgan fingerprint density at radius 3 is 2.00 bits per heavy atom. The van der Waals surface area contributed by atoms with Crippen LogP contribution in [0.4, 0.5) is 0 Å². The summed E-state index contributed by atoms with van der Waals surface area (Å²) in [5, 5.41) is 8.74. The Bertz CT molecular complexity index is 538. The molecule has 0 aliphatic rings. The van der Waals surface area contributed by atoms with E-state index in [0.717, 1.165) is 16.9 Å². The molecule has 0 aromatic heterocycles. The second kappa shape index (κ2) is 5.85. The van der Waals surface area contributed by atoms with Crippen molar-refractivity contribution in [2.75, 3.05) is 13.9 Å². The lowest BCUT2D eigenvalue weighted by Crippen LogP contribution is -1.98. The molecule has 2 aromatic carbocycles. The zero-order valence-electron chi connectivity index (χ0n) is 10.1. The third-order valence-corrected chi connectivity index (χ3v) is 2.55. The van der Waals surface area contributed by atoms with Crippen LogP contribution in [-0.2, 0) is 4.74 Å². The van der Waals surface area contributed by atoms with Crippen molar-refractivity contribution in [2.24, 2.45) is 0 Å². The number of nitriles is 1. The Morgan fingerprint density at radius 2 is 1.50 bits per heavy atom. The van der Waals surface area contributed by atoms with Crippen molar-refractivity contribution in [1.29, 1.82) is 5.26 Å². The summed E-state index contributed by atoms with van der Waals surface area (Å²) in [6, 6.07) is 17.3. The molecular formula is C15H13NO2. The minimum absolute atomic E-state index is 0.246. The highest BCUT2D eigenvalue weighted by atomic mass is 16.7. The molecule has 0 heterocycles. The molecular weight excluding hydrogens is 226 g/mol. The van der Waals surface area contributed by atoms with Gasteiger partial charge in [-0.2, -0.15) is 5.26 Å². The van der Waals surface area contributed by atoms with Crippen LogP contribution in [0.3, 0.4) is 0 Å². The molecule has 0 amide bonds. The second-order valence-corrected chi connectivity index (χ2v) is 3.76. The lowest BCUT2D eigenvalue weighted by atomic mass is 10.0. The first kappa shape index (κ1) is 12.2. The van der Waals surface area contributed by atoms with E-state index in [2.05, 4.69) is 6.07 Å². The van der Waals surface area contributed by atoms with E-state index in [0.29, 0.717) is 5.56 Å². The second-order valence-electron chi connectivity index (χ2n) is 3.76. The summed E-state index contributed by atoms with van der Waals surface area (Å²) >= 11 is 0. The summed E-state index contributed by atoms with van der Waals surface area (Å²) in [5.41, 5.74) is 2.83. The van der Waals surface area contributed by atoms with Crippen molar-refractivity contribution < 1.29 is 9.47 Å². The zero-order chi connectivity index (χ0) is 12.8. The van der Waals surface area contributed by atoms with Gasteiger partial charge in [-0.05, 0) is 35.4 Å². The number of methoxy groups -OCH3 is 1. The highest BCUT2D eigenvalue weighted by molar-refractivity contribution is 5.64. The smallest absolute Gasteiger partial charge is 0.188 e. The minimum atomic E-state index is 0.246. The number of nitrogens with zero attached hydrogens (tertiary/aromatic N) is 1. The molecule has 3 nitrogen and oxygen atoms in total. The third kappa shape index (κ3) is 2.88. The number of hydrogen-bond donors (Lipinski definition) is 0. The normalized spacial score (nSPS) is 9.78. The van der Waals surface area contributed by atoms with Gasteiger partial charge in [0.1, 0.15) is 5.75 Å². The highest BCUT2D eigenvalue weighted by Crippen LogP contribution is 2.22. The molecule has 0 atom stereocenters. The van der Waals surface area contributed by atoms with E-state index in [1.165, 1.54) is 0 Å². The predicted molar refractivity (Wildman–Crippen MR) is 69.1 cm³/mol. The number of benzene rings is 2. The maximum absolute atomic E-state index is 8.74. The maximum atomic E-state index is 8.74. The average molecular weight is 239 g/mol. The number of hydrogen-bond acceptors (Lipinski definition) is 3. The quantitative estimate of drug-likeness (QED) is 0.769.